The fourth-order valence-electron chi connectivity index (χ4n) is 3.80. The summed E-state index contributed by atoms with van der Waals surface area (Å²) in [5.41, 5.74) is 0. The van der Waals surface area contributed by atoms with Crippen molar-refractivity contribution >= 4 is 0 Å². The van der Waals surface area contributed by atoms with E-state index in [0.717, 1.165) is 32.0 Å². The molecule has 0 aromatic rings. The number of morpholine rings is 1. The van der Waals surface area contributed by atoms with E-state index in [0.29, 0.717) is 12.1 Å². The fraction of sp³-hybridized carbons (Fsp3) is 1.00. The van der Waals surface area contributed by atoms with Gasteiger partial charge in [0.15, 0.2) is 0 Å². The molecule has 3 rings (SSSR count). The molecule has 1 N–H and O–H groups in total. The molecule has 0 aromatic heterocycles. The minimum absolute atomic E-state index is 0.0309. The van der Waals surface area contributed by atoms with Gasteiger partial charge in [0.1, 0.15) is 0 Å². The van der Waals surface area contributed by atoms with E-state index < -0.39 is 0 Å². The van der Waals surface area contributed by atoms with E-state index in [1.807, 2.05) is 0 Å². The molecule has 2 aliphatic carbocycles. The van der Waals surface area contributed by atoms with Crippen molar-refractivity contribution in [3.8, 4) is 0 Å². The second-order valence-electron chi connectivity index (χ2n) is 5.61. The summed E-state index contributed by atoms with van der Waals surface area (Å²) in [6.45, 7) is 2.03. The smallest absolute Gasteiger partial charge is 0.0731 e. The summed E-state index contributed by atoms with van der Waals surface area (Å²) in [6.07, 6.45) is 8.77. The number of hydrogen-bond acceptors (Lipinski definition) is 3. The van der Waals surface area contributed by atoms with Crippen LogP contribution in [0.2, 0.25) is 0 Å². The van der Waals surface area contributed by atoms with Crippen LogP contribution in [0.25, 0.3) is 0 Å². The Labute approximate surface area is 97.8 Å². The Morgan fingerprint density at radius 2 is 1.81 bits per heavy atom. The van der Waals surface area contributed by atoms with Gasteiger partial charge in [-0.05, 0) is 44.9 Å². The number of hydrogen-bond donors (Lipinski definition) is 1. The molecule has 0 radical (unpaired) electrons. The third-order valence-corrected chi connectivity index (χ3v) is 4.66. The topological polar surface area (TPSA) is 32.7 Å². The Morgan fingerprint density at radius 3 is 2.62 bits per heavy atom. The van der Waals surface area contributed by atoms with Crippen LogP contribution in [-0.2, 0) is 4.74 Å². The lowest BCUT2D eigenvalue weighted by Crippen LogP contribution is -2.54. The van der Waals surface area contributed by atoms with Gasteiger partial charge in [-0.15, -0.1) is 0 Å². The molecule has 3 aliphatic rings. The molecule has 2 unspecified atom stereocenters. The van der Waals surface area contributed by atoms with Gasteiger partial charge in [0.2, 0.25) is 0 Å². The first kappa shape index (κ1) is 11.0. The van der Waals surface area contributed by atoms with Crippen molar-refractivity contribution in [2.45, 2.75) is 69.2 Å². The molecule has 1 saturated heterocycles. The summed E-state index contributed by atoms with van der Waals surface area (Å²) in [5, 5.41) is 9.57. The maximum Gasteiger partial charge on any atom is 0.0731 e. The van der Waals surface area contributed by atoms with E-state index in [1.165, 1.54) is 32.1 Å². The van der Waals surface area contributed by atoms with Crippen LogP contribution in [0.3, 0.4) is 0 Å². The van der Waals surface area contributed by atoms with Gasteiger partial charge in [-0.3, -0.25) is 4.90 Å². The highest BCUT2D eigenvalue weighted by Crippen LogP contribution is 2.34. The van der Waals surface area contributed by atoms with Crippen molar-refractivity contribution in [1.82, 2.24) is 4.90 Å². The van der Waals surface area contributed by atoms with E-state index in [4.69, 9.17) is 4.74 Å². The molecule has 16 heavy (non-hydrogen) atoms. The van der Waals surface area contributed by atoms with Gasteiger partial charge >= 0.3 is 0 Å². The molecule has 0 bridgehead atoms. The van der Waals surface area contributed by atoms with E-state index in [2.05, 4.69) is 4.90 Å². The molecule has 1 aliphatic heterocycles. The zero-order valence-electron chi connectivity index (χ0n) is 9.98. The van der Waals surface area contributed by atoms with Crippen LogP contribution >= 0.6 is 0 Å². The summed E-state index contributed by atoms with van der Waals surface area (Å²) in [5.74, 6) is 0. The molecule has 0 amide bonds. The van der Waals surface area contributed by atoms with Crippen LogP contribution in [-0.4, -0.2) is 47.4 Å². The van der Waals surface area contributed by atoms with Crippen molar-refractivity contribution in [2.75, 3.05) is 13.2 Å². The monoisotopic (exact) mass is 225 g/mol. The van der Waals surface area contributed by atoms with E-state index >= 15 is 0 Å². The van der Waals surface area contributed by atoms with Gasteiger partial charge in [0, 0.05) is 18.6 Å². The third kappa shape index (κ3) is 2.01. The fourth-order valence-corrected chi connectivity index (χ4v) is 3.80. The van der Waals surface area contributed by atoms with Gasteiger partial charge in [-0.1, -0.05) is 0 Å². The molecule has 2 atom stereocenters. The van der Waals surface area contributed by atoms with Crippen molar-refractivity contribution in [3.63, 3.8) is 0 Å². The van der Waals surface area contributed by atoms with Crippen molar-refractivity contribution in [1.29, 1.82) is 0 Å². The first-order valence-corrected chi connectivity index (χ1v) is 6.90. The average Bonchev–Trinajstić information content (AvgIpc) is 2.78. The van der Waals surface area contributed by atoms with Crippen molar-refractivity contribution in [3.05, 3.63) is 0 Å². The van der Waals surface area contributed by atoms with Crippen LogP contribution in [0.1, 0.15) is 44.9 Å². The summed E-state index contributed by atoms with van der Waals surface area (Å²) >= 11 is 0. The number of aliphatic hydroxyl groups is 1. The van der Waals surface area contributed by atoms with Gasteiger partial charge in [0.25, 0.3) is 0 Å². The van der Waals surface area contributed by atoms with Gasteiger partial charge in [-0.25, -0.2) is 0 Å². The van der Waals surface area contributed by atoms with Crippen LogP contribution in [0.4, 0.5) is 0 Å². The summed E-state index contributed by atoms with van der Waals surface area (Å²) in [4.78, 5) is 2.70. The number of rotatable bonds is 1. The first-order valence-electron chi connectivity index (χ1n) is 6.90. The van der Waals surface area contributed by atoms with Crippen LogP contribution < -0.4 is 0 Å². The Kier molecular flexibility index (Phi) is 3.18. The predicted octanol–water partition coefficient (Wildman–Crippen LogP) is 1.54. The maximum absolute atomic E-state index is 9.57. The molecule has 92 valence electrons. The van der Waals surface area contributed by atoms with Crippen molar-refractivity contribution in [2.24, 2.45) is 0 Å². The number of fused-ring (bicyclic) bond motifs is 1. The highest BCUT2D eigenvalue weighted by atomic mass is 16.5. The van der Waals surface area contributed by atoms with Crippen molar-refractivity contribution < 1.29 is 9.84 Å². The average molecular weight is 225 g/mol. The lowest BCUT2D eigenvalue weighted by Gasteiger charge is -2.44. The second kappa shape index (κ2) is 4.63. The number of aliphatic hydroxyl groups excluding tert-OH is 1. The van der Waals surface area contributed by atoms with Crippen LogP contribution in [0.5, 0.6) is 0 Å². The van der Waals surface area contributed by atoms with Gasteiger partial charge < -0.3 is 9.84 Å². The molecule has 3 fully saturated rings. The molecule has 0 aromatic carbocycles. The zero-order valence-corrected chi connectivity index (χ0v) is 9.98. The Balaban J connectivity index is 1.64. The minimum atomic E-state index is -0.0309. The quantitative estimate of drug-likeness (QED) is 0.735. The molecule has 1 heterocycles. The Bertz CT molecular complexity index is 238. The highest BCUT2D eigenvalue weighted by Gasteiger charge is 2.39. The largest absolute Gasteiger partial charge is 0.393 e. The van der Waals surface area contributed by atoms with E-state index in [9.17, 15) is 5.11 Å². The van der Waals surface area contributed by atoms with Crippen LogP contribution in [0, 0.1) is 0 Å². The summed E-state index contributed by atoms with van der Waals surface area (Å²) in [7, 11) is 0. The lowest BCUT2D eigenvalue weighted by atomic mass is 9.90. The van der Waals surface area contributed by atoms with E-state index in [1.54, 1.807) is 0 Å². The highest BCUT2D eigenvalue weighted by molar-refractivity contribution is 4.93. The van der Waals surface area contributed by atoms with Gasteiger partial charge in [-0.2, -0.15) is 0 Å². The maximum atomic E-state index is 9.57. The SMILES string of the molecule is OC1CCC(N2CCOC3CCCC32)CC1. The van der Waals surface area contributed by atoms with Crippen LogP contribution in [0.15, 0.2) is 0 Å². The molecular weight excluding hydrogens is 202 g/mol. The summed E-state index contributed by atoms with van der Waals surface area (Å²) in [6, 6.07) is 1.41. The lowest BCUT2D eigenvalue weighted by molar-refractivity contribution is -0.0809. The third-order valence-electron chi connectivity index (χ3n) is 4.66. The van der Waals surface area contributed by atoms with Gasteiger partial charge in [0.05, 0.1) is 18.8 Å². The van der Waals surface area contributed by atoms with E-state index in [-0.39, 0.29) is 6.10 Å². The normalized spacial score (nSPS) is 45.6. The number of ether oxygens (including phenoxy) is 1. The zero-order chi connectivity index (χ0) is 11.0. The standard InChI is InChI=1S/C13H23NO2/c15-11-6-4-10(5-7-11)14-8-9-16-13-3-1-2-12(13)14/h10-13,15H,1-9H2. The molecule has 2 saturated carbocycles. The second-order valence-corrected chi connectivity index (χ2v) is 5.61. The molecule has 0 spiro atoms. The first-order chi connectivity index (χ1) is 7.84. The molecular formula is C13H23NO2. The summed E-state index contributed by atoms with van der Waals surface area (Å²) < 4.78 is 5.85. The molecule has 3 heteroatoms. The number of nitrogens with zero attached hydrogens (tertiary/aromatic N) is 1. The minimum Gasteiger partial charge on any atom is -0.393 e. The Hall–Kier alpha value is -0.120. The predicted molar refractivity (Wildman–Crippen MR) is 62.3 cm³/mol. The Morgan fingerprint density at radius 1 is 1.00 bits per heavy atom. The molecule has 3 nitrogen and oxygen atoms in total.